The molecule has 1 aliphatic carbocycles. The Kier molecular flexibility index (Phi) is 4.63. The number of hydrogen-bond acceptors (Lipinski definition) is 4. The van der Waals surface area contributed by atoms with Gasteiger partial charge in [0.2, 0.25) is 0 Å². The fourth-order valence-electron chi connectivity index (χ4n) is 3.45. The van der Waals surface area contributed by atoms with E-state index in [2.05, 4.69) is 21.7 Å². The van der Waals surface area contributed by atoms with Crippen molar-refractivity contribution < 1.29 is 9.18 Å². The van der Waals surface area contributed by atoms with E-state index in [1.165, 1.54) is 36.7 Å². The molecule has 27 heavy (non-hydrogen) atoms. The van der Waals surface area contributed by atoms with Crippen LogP contribution in [0.15, 0.2) is 35.5 Å². The standard InChI is InChI=1S/C20H21FN4OS/c1-12-10-17(13(2)25(12)16-8-9-16)18(26)11-27-20-23-22-19(24(20)3)14-4-6-15(21)7-5-14/h4-7,10,16H,8-9,11H2,1-3H3. The van der Waals surface area contributed by atoms with Gasteiger partial charge in [0.1, 0.15) is 5.82 Å². The number of carbonyl (C=O) groups is 1. The van der Waals surface area contributed by atoms with Gasteiger partial charge in [0.05, 0.1) is 5.75 Å². The SMILES string of the molecule is Cc1cc(C(=O)CSc2nnc(-c3ccc(F)cc3)n2C)c(C)n1C1CC1. The summed E-state index contributed by atoms with van der Waals surface area (Å²) >= 11 is 1.37. The second kappa shape index (κ2) is 6.96. The fraction of sp³-hybridized carbons (Fsp3) is 0.350. The fourth-order valence-corrected chi connectivity index (χ4v) is 4.25. The molecule has 0 N–H and O–H groups in total. The van der Waals surface area contributed by atoms with E-state index < -0.39 is 0 Å². The number of aryl methyl sites for hydroxylation is 1. The van der Waals surface area contributed by atoms with E-state index >= 15 is 0 Å². The van der Waals surface area contributed by atoms with Crippen LogP contribution in [0.2, 0.25) is 0 Å². The zero-order chi connectivity index (χ0) is 19.1. The van der Waals surface area contributed by atoms with Crippen LogP contribution in [0, 0.1) is 19.7 Å². The Balaban J connectivity index is 1.48. The number of thioether (sulfide) groups is 1. The van der Waals surface area contributed by atoms with Crippen molar-refractivity contribution >= 4 is 17.5 Å². The number of rotatable bonds is 6. The quantitative estimate of drug-likeness (QED) is 0.468. The first-order chi connectivity index (χ1) is 13.0. The largest absolute Gasteiger partial charge is 0.345 e. The van der Waals surface area contributed by atoms with Crippen LogP contribution >= 0.6 is 11.8 Å². The number of Topliss-reactive ketones (excluding diaryl/α,β-unsaturated/α-hetero) is 1. The summed E-state index contributed by atoms with van der Waals surface area (Å²) < 4.78 is 17.2. The highest BCUT2D eigenvalue weighted by Crippen LogP contribution is 2.38. The maximum atomic E-state index is 13.1. The molecule has 3 aromatic rings. The smallest absolute Gasteiger partial charge is 0.191 e. The Bertz CT molecular complexity index is 1000. The van der Waals surface area contributed by atoms with Crippen LogP contribution in [0.5, 0.6) is 0 Å². The van der Waals surface area contributed by atoms with Crippen molar-refractivity contribution in [2.45, 2.75) is 37.9 Å². The molecular formula is C20H21FN4OS. The van der Waals surface area contributed by atoms with E-state index in [0.29, 0.717) is 22.8 Å². The molecule has 0 spiro atoms. The summed E-state index contributed by atoms with van der Waals surface area (Å²) in [5.74, 6) is 0.776. The molecular weight excluding hydrogens is 363 g/mol. The molecule has 2 aromatic heterocycles. The number of carbonyl (C=O) groups excluding carboxylic acids is 1. The lowest BCUT2D eigenvalue weighted by Crippen LogP contribution is -2.06. The molecule has 1 aliphatic rings. The molecule has 0 saturated heterocycles. The third kappa shape index (κ3) is 3.43. The summed E-state index contributed by atoms with van der Waals surface area (Å²) in [5, 5.41) is 9.04. The van der Waals surface area contributed by atoms with E-state index in [1.807, 2.05) is 24.6 Å². The zero-order valence-electron chi connectivity index (χ0n) is 15.6. The third-order valence-corrected chi connectivity index (χ3v) is 5.99. The minimum absolute atomic E-state index is 0.103. The Morgan fingerprint density at radius 1 is 1.22 bits per heavy atom. The summed E-state index contributed by atoms with van der Waals surface area (Å²) in [6.45, 7) is 4.09. The molecule has 5 nitrogen and oxygen atoms in total. The van der Waals surface area contributed by atoms with Gasteiger partial charge in [-0.05, 0) is 57.0 Å². The van der Waals surface area contributed by atoms with E-state index in [0.717, 1.165) is 22.5 Å². The number of benzene rings is 1. The number of hydrogen-bond donors (Lipinski definition) is 0. The monoisotopic (exact) mass is 384 g/mol. The molecule has 0 radical (unpaired) electrons. The molecule has 1 fully saturated rings. The van der Waals surface area contributed by atoms with Crippen molar-refractivity contribution in [1.29, 1.82) is 0 Å². The van der Waals surface area contributed by atoms with Crippen LogP contribution in [0.25, 0.3) is 11.4 Å². The van der Waals surface area contributed by atoms with Gasteiger partial charge < -0.3 is 9.13 Å². The van der Waals surface area contributed by atoms with Gasteiger partial charge in [-0.2, -0.15) is 0 Å². The van der Waals surface area contributed by atoms with Crippen molar-refractivity contribution in [3.8, 4) is 11.4 Å². The maximum Gasteiger partial charge on any atom is 0.191 e. The molecule has 2 heterocycles. The summed E-state index contributed by atoms with van der Waals surface area (Å²) in [4.78, 5) is 12.7. The molecule has 4 rings (SSSR count). The Morgan fingerprint density at radius 2 is 1.93 bits per heavy atom. The van der Waals surface area contributed by atoms with Crippen LogP contribution < -0.4 is 0 Å². The van der Waals surface area contributed by atoms with E-state index in [1.54, 1.807) is 12.1 Å². The lowest BCUT2D eigenvalue weighted by Gasteiger charge is -2.07. The Hall–Kier alpha value is -2.41. The predicted octanol–water partition coefficient (Wildman–Crippen LogP) is 4.35. The first-order valence-electron chi connectivity index (χ1n) is 8.95. The lowest BCUT2D eigenvalue weighted by molar-refractivity contribution is 0.102. The molecule has 0 amide bonds. The molecule has 1 saturated carbocycles. The van der Waals surface area contributed by atoms with Gasteiger partial charge in [0, 0.05) is 35.6 Å². The van der Waals surface area contributed by atoms with E-state index in [9.17, 15) is 9.18 Å². The Morgan fingerprint density at radius 3 is 2.59 bits per heavy atom. The Labute approximate surface area is 161 Å². The summed E-state index contributed by atoms with van der Waals surface area (Å²) in [5.41, 5.74) is 3.80. The van der Waals surface area contributed by atoms with E-state index in [4.69, 9.17) is 0 Å². The highest BCUT2D eigenvalue weighted by Gasteiger charge is 2.28. The van der Waals surface area contributed by atoms with Gasteiger partial charge in [-0.25, -0.2) is 4.39 Å². The molecule has 7 heteroatoms. The van der Waals surface area contributed by atoms with Crippen molar-refractivity contribution in [2.75, 3.05) is 5.75 Å². The zero-order valence-corrected chi connectivity index (χ0v) is 16.4. The topological polar surface area (TPSA) is 52.7 Å². The average Bonchev–Trinajstić information content (AvgIpc) is 3.34. The minimum atomic E-state index is -0.287. The highest BCUT2D eigenvalue weighted by atomic mass is 32.2. The van der Waals surface area contributed by atoms with Crippen molar-refractivity contribution in [3.63, 3.8) is 0 Å². The first-order valence-corrected chi connectivity index (χ1v) is 9.94. The van der Waals surface area contributed by atoms with Gasteiger partial charge in [-0.1, -0.05) is 11.8 Å². The van der Waals surface area contributed by atoms with Gasteiger partial charge in [-0.3, -0.25) is 4.79 Å². The second-order valence-electron chi connectivity index (χ2n) is 6.97. The number of halogens is 1. The summed E-state index contributed by atoms with van der Waals surface area (Å²) in [6.07, 6.45) is 2.40. The molecule has 140 valence electrons. The molecule has 0 atom stereocenters. The molecule has 0 bridgehead atoms. The average molecular weight is 384 g/mol. The van der Waals surface area contributed by atoms with Crippen LogP contribution in [0.4, 0.5) is 4.39 Å². The van der Waals surface area contributed by atoms with Crippen LogP contribution in [0.1, 0.15) is 40.6 Å². The van der Waals surface area contributed by atoms with Crippen LogP contribution in [-0.2, 0) is 7.05 Å². The van der Waals surface area contributed by atoms with Crippen molar-refractivity contribution in [3.05, 3.63) is 53.1 Å². The van der Waals surface area contributed by atoms with E-state index in [-0.39, 0.29) is 11.6 Å². The van der Waals surface area contributed by atoms with Crippen LogP contribution in [-0.4, -0.2) is 30.9 Å². The third-order valence-electron chi connectivity index (χ3n) is 4.97. The van der Waals surface area contributed by atoms with Crippen LogP contribution in [0.3, 0.4) is 0 Å². The number of ketones is 1. The van der Waals surface area contributed by atoms with Gasteiger partial charge in [0.25, 0.3) is 0 Å². The highest BCUT2D eigenvalue weighted by molar-refractivity contribution is 7.99. The maximum absolute atomic E-state index is 13.1. The van der Waals surface area contributed by atoms with Gasteiger partial charge in [-0.15, -0.1) is 10.2 Å². The molecule has 0 unspecified atom stereocenters. The molecule has 1 aromatic carbocycles. The lowest BCUT2D eigenvalue weighted by atomic mass is 10.2. The number of nitrogens with zero attached hydrogens (tertiary/aromatic N) is 4. The van der Waals surface area contributed by atoms with Crippen molar-refractivity contribution in [1.82, 2.24) is 19.3 Å². The molecule has 0 aliphatic heterocycles. The predicted molar refractivity (Wildman–Crippen MR) is 104 cm³/mol. The van der Waals surface area contributed by atoms with Gasteiger partial charge >= 0.3 is 0 Å². The minimum Gasteiger partial charge on any atom is -0.345 e. The van der Waals surface area contributed by atoms with Gasteiger partial charge in [0.15, 0.2) is 16.8 Å². The second-order valence-corrected chi connectivity index (χ2v) is 7.91. The normalized spacial score (nSPS) is 13.9. The van der Waals surface area contributed by atoms with Crippen molar-refractivity contribution in [2.24, 2.45) is 7.05 Å². The summed E-state index contributed by atoms with van der Waals surface area (Å²) in [6, 6.07) is 8.71. The summed E-state index contributed by atoms with van der Waals surface area (Å²) in [7, 11) is 1.85. The first kappa shape index (κ1) is 18.0. The number of aromatic nitrogens is 4.